The fourth-order valence-corrected chi connectivity index (χ4v) is 1.83. The Morgan fingerprint density at radius 1 is 1.47 bits per heavy atom. The lowest BCUT2D eigenvalue weighted by Gasteiger charge is -2.16. The summed E-state index contributed by atoms with van der Waals surface area (Å²) in [7, 11) is 0. The smallest absolute Gasteiger partial charge is 0.224 e. The average Bonchev–Trinajstić information content (AvgIpc) is 2.33. The Morgan fingerprint density at radius 2 is 2.24 bits per heavy atom. The van der Waals surface area contributed by atoms with Crippen LogP contribution in [-0.2, 0) is 0 Å². The molecule has 1 aromatic heterocycles. The third-order valence-corrected chi connectivity index (χ3v) is 3.07. The third kappa shape index (κ3) is 4.77. The van der Waals surface area contributed by atoms with Crippen LogP contribution in [0.2, 0.25) is 5.28 Å². The standard InChI is InChI=1S/C12H21ClN4/c1-3-5-6-9(4-2)7-15-11-10(14)8-16-12(13)17-11/h8-9H,3-7,14H2,1-2H3,(H,15,16,17). The summed E-state index contributed by atoms with van der Waals surface area (Å²) in [6.45, 7) is 5.30. The minimum absolute atomic E-state index is 0.225. The van der Waals surface area contributed by atoms with E-state index in [1.165, 1.54) is 25.5 Å². The molecule has 17 heavy (non-hydrogen) atoms. The van der Waals surface area contributed by atoms with E-state index >= 15 is 0 Å². The Balaban J connectivity index is 2.50. The van der Waals surface area contributed by atoms with E-state index in [2.05, 4.69) is 29.1 Å². The van der Waals surface area contributed by atoms with Crippen LogP contribution in [0.25, 0.3) is 0 Å². The summed E-state index contributed by atoms with van der Waals surface area (Å²) in [6.07, 6.45) is 6.42. The highest BCUT2D eigenvalue weighted by atomic mass is 35.5. The summed E-state index contributed by atoms with van der Waals surface area (Å²) in [6, 6.07) is 0. The molecule has 0 radical (unpaired) electrons. The van der Waals surface area contributed by atoms with Crippen molar-refractivity contribution < 1.29 is 0 Å². The number of rotatable bonds is 7. The minimum Gasteiger partial charge on any atom is -0.394 e. The molecule has 0 spiro atoms. The third-order valence-electron chi connectivity index (χ3n) is 2.89. The second-order valence-corrected chi connectivity index (χ2v) is 4.58. The van der Waals surface area contributed by atoms with E-state index in [0.717, 1.165) is 13.0 Å². The van der Waals surface area contributed by atoms with Crippen molar-refractivity contribution in [2.75, 3.05) is 17.6 Å². The topological polar surface area (TPSA) is 63.8 Å². The maximum absolute atomic E-state index is 5.77. The van der Waals surface area contributed by atoms with Crippen molar-refractivity contribution in [3.05, 3.63) is 11.5 Å². The zero-order valence-corrected chi connectivity index (χ0v) is 11.3. The molecule has 1 rings (SSSR count). The van der Waals surface area contributed by atoms with Crippen molar-refractivity contribution in [1.82, 2.24) is 9.97 Å². The Morgan fingerprint density at radius 3 is 2.88 bits per heavy atom. The van der Waals surface area contributed by atoms with Crippen LogP contribution in [0.4, 0.5) is 11.5 Å². The van der Waals surface area contributed by atoms with Crippen LogP contribution < -0.4 is 11.1 Å². The highest BCUT2D eigenvalue weighted by Crippen LogP contribution is 2.18. The number of hydrogen-bond acceptors (Lipinski definition) is 4. The van der Waals surface area contributed by atoms with E-state index in [9.17, 15) is 0 Å². The molecule has 0 saturated carbocycles. The van der Waals surface area contributed by atoms with Gasteiger partial charge in [-0.05, 0) is 23.9 Å². The van der Waals surface area contributed by atoms with Crippen molar-refractivity contribution in [2.45, 2.75) is 39.5 Å². The molecule has 0 aromatic carbocycles. The molecule has 0 aliphatic rings. The molecule has 1 unspecified atom stereocenters. The van der Waals surface area contributed by atoms with Crippen molar-refractivity contribution in [3.8, 4) is 0 Å². The molecule has 0 fully saturated rings. The van der Waals surface area contributed by atoms with E-state index in [-0.39, 0.29) is 5.28 Å². The fraction of sp³-hybridized carbons (Fsp3) is 0.667. The van der Waals surface area contributed by atoms with Gasteiger partial charge in [0.05, 0.1) is 11.9 Å². The highest BCUT2D eigenvalue weighted by Gasteiger charge is 2.08. The predicted molar refractivity (Wildman–Crippen MR) is 73.3 cm³/mol. The van der Waals surface area contributed by atoms with Crippen LogP contribution in [0.15, 0.2) is 6.20 Å². The second kappa shape index (κ2) is 7.33. The summed E-state index contributed by atoms with van der Waals surface area (Å²) in [5, 5.41) is 3.48. The van der Waals surface area contributed by atoms with Gasteiger partial charge in [0.2, 0.25) is 5.28 Å². The van der Waals surface area contributed by atoms with Crippen LogP contribution >= 0.6 is 11.6 Å². The quantitative estimate of drug-likeness (QED) is 0.735. The van der Waals surface area contributed by atoms with Gasteiger partial charge in [-0.25, -0.2) is 4.98 Å². The first-order valence-electron chi connectivity index (χ1n) is 6.19. The van der Waals surface area contributed by atoms with Gasteiger partial charge in [-0.1, -0.05) is 33.1 Å². The van der Waals surface area contributed by atoms with Crippen molar-refractivity contribution in [1.29, 1.82) is 0 Å². The van der Waals surface area contributed by atoms with Crippen LogP contribution in [0.1, 0.15) is 39.5 Å². The van der Waals surface area contributed by atoms with Crippen molar-refractivity contribution in [3.63, 3.8) is 0 Å². The average molecular weight is 257 g/mol. The predicted octanol–water partition coefficient (Wildman–Crippen LogP) is 3.34. The van der Waals surface area contributed by atoms with Gasteiger partial charge in [0.1, 0.15) is 0 Å². The molecule has 4 nitrogen and oxygen atoms in total. The summed E-state index contributed by atoms with van der Waals surface area (Å²) in [5.41, 5.74) is 6.31. The van der Waals surface area contributed by atoms with E-state index in [1.807, 2.05) is 0 Å². The first-order valence-corrected chi connectivity index (χ1v) is 6.57. The zero-order chi connectivity index (χ0) is 12.7. The Hall–Kier alpha value is -1.03. The van der Waals surface area contributed by atoms with Crippen molar-refractivity contribution >= 4 is 23.1 Å². The number of nitrogens with two attached hydrogens (primary N) is 1. The Kier molecular flexibility index (Phi) is 6.05. The molecule has 96 valence electrons. The molecule has 0 saturated heterocycles. The molecule has 3 N–H and O–H groups in total. The van der Waals surface area contributed by atoms with Gasteiger partial charge < -0.3 is 11.1 Å². The molecule has 1 atom stereocenters. The largest absolute Gasteiger partial charge is 0.394 e. The van der Waals surface area contributed by atoms with Gasteiger partial charge in [-0.15, -0.1) is 0 Å². The molecule has 0 bridgehead atoms. The summed E-state index contributed by atoms with van der Waals surface area (Å²) >= 11 is 5.73. The monoisotopic (exact) mass is 256 g/mol. The number of unbranched alkanes of at least 4 members (excludes halogenated alkanes) is 1. The maximum atomic E-state index is 5.77. The minimum atomic E-state index is 0.225. The van der Waals surface area contributed by atoms with E-state index in [4.69, 9.17) is 17.3 Å². The van der Waals surface area contributed by atoms with Gasteiger partial charge in [0.25, 0.3) is 0 Å². The molecule has 1 heterocycles. The number of hydrogen-bond donors (Lipinski definition) is 2. The van der Waals surface area contributed by atoms with Crippen LogP contribution in [-0.4, -0.2) is 16.5 Å². The summed E-state index contributed by atoms with van der Waals surface area (Å²) in [4.78, 5) is 7.90. The van der Waals surface area contributed by atoms with Gasteiger partial charge in [0, 0.05) is 6.54 Å². The van der Waals surface area contributed by atoms with E-state index in [1.54, 1.807) is 0 Å². The van der Waals surface area contributed by atoms with Gasteiger partial charge in [0.15, 0.2) is 5.82 Å². The molecule has 0 aliphatic carbocycles. The molecule has 0 aliphatic heterocycles. The van der Waals surface area contributed by atoms with Gasteiger partial charge >= 0.3 is 0 Å². The normalized spacial score (nSPS) is 12.4. The number of aromatic nitrogens is 2. The molecule has 1 aromatic rings. The molecular formula is C12H21ClN4. The molecule has 5 heteroatoms. The first kappa shape index (κ1) is 14.0. The Bertz CT molecular complexity index is 343. The number of halogens is 1. The van der Waals surface area contributed by atoms with Crippen molar-refractivity contribution in [2.24, 2.45) is 5.92 Å². The number of nitrogens with zero attached hydrogens (tertiary/aromatic N) is 2. The van der Waals surface area contributed by atoms with Crippen LogP contribution in [0.3, 0.4) is 0 Å². The highest BCUT2D eigenvalue weighted by molar-refractivity contribution is 6.28. The molecular weight excluding hydrogens is 236 g/mol. The fourth-order valence-electron chi connectivity index (χ4n) is 1.70. The van der Waals surface area contributed by atoms with E-state index < -0.39 is 0 Å². The Labute approximate surface area is 108 Å². The SMILES string of the molecule is CCCCC(CC)CNc1nc(Cl)ncc1N. The first-order chi connectivity index (χ1) is 8.17. The second-order valence-electron chi connectivity index (χ2n) is 4.24. The lowest BCUT2D eigenvalue weighted by Crippen LogP contribution is -2.15. The number of anilines is 2. The summed E-state index contributed by atoms with van der Waals surface area (Å²) < 4.78 is 0. The maximum Gasteiger partial charge on any atom is 0.224 e. The number of nitrogens with one attached hydrogen (secondary N) is 1. The lowest BCUT2D eigenvalue weighted by atomic mass is 9.99. The van der Waals surface area contributed by atoms with Crippen LogP contribution in [0, 0.1) is 5.92 Å². The summed E-state index contributed by atoms with van der Waals surface area (Å²) in [5.74, 6) is 1.29. The van der Waals surface area contributed by atoms with E-state index in [0.29, 0.717) is 17.4 Å². The lowest BCUT2D eigenvalue weighted by molar-refractivity contribution is 0.472. The van der Waals surface area contributed by atoms with Gasteiger partial charge in [-0.2, -0.15) is 4.98 Å². The molecule has 0 amide bonds. The van der Waals surface area contributed by atoms with Crippen LogP contribution in [0.5, 0.6) is 0 Å². The zero-order valence-electron chi connectivity index (χ0n) is 10.5. The van der Waals surface area contributed by atoms with Gasteiger partial charge in [-0.3, -0.25) is 0 Å². The number of nitrogen functional groups attached to an aromatic ring is 1.